The van der Waals surface area contributed by atoms with E-state index in [0.29, 0.717) is 12.2 Å². The molecule has 0 aliphatic heterocycles. The highest BCUT2D eigenvalue weighted by Gasteiger charge is 2.13. The van der Waals surface area contributed by atoms with Gasteiger partial charge in [0.25, 0.3) is 0 Å². The van der Waals surface area contributed by atoms with Crippen LogP contribution in [-0.4, -0.2) is 28.1 Å². The topological polar surface area (TPSA) is 49.3 Å². The zero-order chi connectivity index (χ0) is 13.6. The Kier molecular flexibility index (Phi) is 5.69. The fraction of sp³-hybridized carbons (Fsp3) is 0.500. The summed E-state index contributed by atoms with van der Waals surface area (Å²) in [6.45, 7) is 6.42. The van der Waals surface area contributed by atoms with Gasteiger partial charge in [-0.3, -0.25) is 4.79 Å². The maximum Gasteiger partial charge on any atom is 0.234 e. The van der Waals surface area contributed by atoms with Crippen molar-refractivity contribution >= 4 is 23.4 Å². The summed E-state index contributed by atoms with van der Waals surface area (Å²) in [5.74, 6) is 0.479. The second kappa shape index (κ2) is 6.81. The summed E-state index contributed by atoms with van der Waals surface area (Å²) in [7, 11) is 0. The molecular formula is C14H21NO2S. The molecule has 3 nitrogen and oxygen atoms in total. The van der Waals surface area contributed by atoms with Crippen LogP contribution in [0.15, 0.2) is 24.3 Å². The highest BCUT2D eigenvalue weighted by molar-refractivity contribution is 8.01. The van der Waals surface area contributed by atoms with E-state index in [1.807, 2.05) is 24.3 Å². The molecule has 1 rings (SSSR count). The number of carbonyl (C=O) groups excluding carboxylic acids is 1. The van der Waals surface area contributed by atoms with Crippen molar-refractivity contribution < 1.29 is 9.90 Å². The first kappa shape index (κ1) is 15.1. The summed E-state index contributed by atoms with van der Waals surface area (Å²) in [4.78, 5) is 11.7. The largest absolute Gasteiger partial charge is 0.396 e. The van der Waals surface area contributed by atoms with Crippen LogP contribution >= 0.6 is 11.8 Å². The van der Waals surface area contributed by atoms with Crippen molar-refractivity contribution in [1.82, 2.24) is 0 Å². The molecular weight excluding hydrogens is 246 g/mol. The van der Waals surface area contributed by atoms with Gasteiger partial charge < -0.3 is 10.4 Å². The van der Waals surface area contributed by atoms with Crippen molar-refractivity contribution in [3.63, 3.8) is 0 Å². The van der Waals surface area contributed by atoms with Gasteiger partial charge in [-0.25, -0.2) is 0 Å². The molecule has 0 fully saturated rings. The quantitative estimate of drug-likeness (QED) is 0.862. The molecule has 1 aromatic carbocycles. The second-order valence-electron chi connectivity index (χ2n) is 5.12. The molecule has 0 atom stereocenters. The number of amides is 1. The third-order valence-electron chi connectivity index (χ3n) is 2.27. The molecule has 0 spiro atoms. The Morgan fingerprint density at radius 2 is 1.89 bits per heavy atom. The Morgan fingerprint density at radius 3 is 2.39 bits per heavy atom. The van der Waals surface area contributed by atoms with Gasteiger partial charge in [0.2, 0.25) is 5.91 Å². The van der Waals surface area contributed by atoms with E-state index in [1.165, 1.54) is 0 Å². The molecule has 0 saturated carbocycles. The van der Waals surface area contributed by atoms with Gasteiger partial charge in [0.15, 0.2) is 0 Å². The molecule has 100 valence electrons. The van der Waals surface area contributed by atoms with Crippen molar-refractivity contribution in [1.29, 1.82) is 0 Å². The van der Waals surface area contributed by atoms with Gasteiger partial charge in [-0.15, -0.1) is 11.8 Å². The van der Waals surface area contributed by atoms with E-state index in [1.54, 1.807) is 11.8 Å². The molecule has 0 aromatic heterocycles. The van der Waals surface area contributed by atoms with Gasteiger partial charge in [0.1, 0.15) is 0 Å². The lowest BCUT2D eigenvalue weighted by Crippen LogP contribution is -2.18. The van der Waals surface area contributed by atoms with Crippen LogP contribution in [0.4, 0.5) is 5.69 Å². The molecule has 0 saturated heterocycles. The summed E-state index contributed by atoms with van der Waals surface area (Å²) < 4.78 is 0.0995. The van der Waals surface area contributed by atoms with Gasteiger partial charge in [-0.05, 0) is 24.1 Å². The van der Waals surface area contributed by atoms with Crippen LogP contribution in [0.2, 0.25) is 0 Å². The molecule has 18 heavy (non-hydrogen) atoms. The lowest BCUT2D eigenvalue weighted by Gasteiger charge is -2.17. The molecule has 1 amide bonds. The van der Waals surface area contributed by atoms with E-state index < -0.39 is 0 Å². The number of thioether (sulfide) groups is 1. The Labute approximate surface area is 113 Å². The predicted octanol–water partition coefficient (Wildman–Crippen LogP) is 2.69. The van der Waals surface area contributed by atoms with Gasteiger partial charge >= 0.3 is 0 Å². The summed E-state index contributed by atoms with van der Waals surface area (Å²) in [6.07, 6.45) is 0.647. The van der Waals surface area contributed by atoms with Gasteiger partial charge in [-0.2, -0.15) is 0 Å². The van der Waals surface area contributed by atoms with Gasteiger partial charge in [-0.1, -0.05) is 32.9 Å². The number of aliphatic hydroxyl groups excluding tert-OH is 1. The van der Waals surface area contributed by atoms with Crippen LogP contribution in [0, 0.1) is 0 Å². The Bertz CT molecular complexity index is 382. The first-order valence-corrected chi connectivity index (χ1v) is 7.03. The maximum absolute atomic E-state index is 11.7. The van der Waals surface area contributed by atoms with Crippen LogP contribution in [0.5, 0.6) is 0 Å². The number of hydrogen-bond donors (Lipinski definition) is 2. The van der Waals surface area contributed by atoms with Crippen molar-refractivity contribution in [3.05, 3.63) is 29.8 Å². The third kappa shape index (κ3) is 6.07. The average molecular weight is 267 g/mol. The summed E-state index contributed by atoms with van der Waals surface area (Å²) in [5, 5.41) is 11.7. The van der Waals surface area contributed by atoms with E-state index in [0.717, 1.165) is 11.3 Å². The zero-order valence-electron chi connectivity index (χ0n) is 11.2. The molecule has 4 heteroatoms. The predicted molar refractivity (Wildman–Crippen MR) is 78.1 cm³/mol. The minimum absolute atomic E-state index is 0.0184. The minimum Gasteiger partial charge on any atom is -0.396 e. The van der Waals surface area contributed by atoms with E-state index in [4.69, 9.17) is 5.11 Å². The normalized spacial score (nSPS) is 11.3. The number of hydrogen-bond acceptors (Lipinski definition) is 3. The van der Waals surface area contributed by atoms with Crippen molar-refractivity contribution in [3.8, 4) is 0 Å². The molecule has 0 aliphatic rings. The summed E-state index contributed by atoms with van der Waals surface area (Å²) in [6, 6.07) is 7.57. The SMILES string of the molecule is CC(C)(C)SCC(=O)Nc1ccc(CCO)cc1. The van der Waals surface area contributed by atoms with Crippen molar-refractivity contribution in [2.24, 2.45) is 0 Å². The number of anilines is 1. The number of benzene rings is 1. The molecule has 0 radical (unpaired) electrons. The van der Waals surface area contributed by atoms with Gasteiger partial charge in [0, 0.05) is 17.0 Å². The van der Waals surface area contributed by atoms with Crippen LogP contribution < -0.4 is 5.32 Å². The van der Waals surface area contributed by atoms with Crippen molar-refractivity contribution in [2.45, 2.75) is 31.9 Å². The minimum atomic E-state index is 0.0184. The first-order chi connectivity index (χ1) is 8.40. The fourth-order valence-corrected chi connectivity index (χ4v) is 2.00. The van der Waals surface area contributed by atoms with E-state index in [2.05, 4.69) is 26.1 Å². The number of aliphatic hydroxyl groups is 1. The summed E-state index contributed by atoms with van der Waals surface area (Å²) >= 11 is 1.63. The highest BCUT2D eigenvalue weighted by Crippen LogP contribution is 2.23. The molecule has 0 bridgehead atoms. The van der Waals surface area contributed by atoms with Crippen LogP contribution in [0.3, 0.4) is 0 Å². The van der Waals surface area contributed by atoms with E-state index in [-0.39, 0.29) is 17.3 Å². The lowest BCUT2D eigenvalue weighted by molar-refractivity contribution is -0.113. The maximum atomic E-state index is 11.7. The van der Waals surface area contributed by atoms with E-state index in [9.17, 15) is 4.79 Å². The smallest absolute Gasteiger partial charge is 0.234 e. The molecule has 0 unspecified atom stereocenters. The van der Waals surface area contributed by atoms with Crippen LogP contribution in [0.25, 0.3) is 0 Å². The Morgan fingerprint density at radius 1 is 1.28 bits per heavy atom. The first-order valence-electron chi connectivity index (χ1n) is 6.04. The summed E-state index contributed by atoms with van der Waals surface area (Å²) in [5.41, 5.74) is 1.87. The average Bonchev–Trinajstić information content (AvgIpc) is 2.29. The number of nitrogens with one attached hydrogen (secondary N) is 1. The van der Waals surface area contributed by atoms with Crippen molar-refractivity contribution in [2.75, 3.05) is 17.7 Å². The number of rotatable bonds is 5. The lowest BCUT2D eigenvalue weighted by atomic mass is 10.1. The molecule has 0 aliphatic carbocycles. The molecule has 2 N–H and O–H groups in total. The number of carbonyl (C=O) groups is 1. The van der Waals surface area contributed by atoms with Gasteiger partial charge in [0.05, 0.1) is 5.75 Å². The molecule has 0 heterocycles. The Balaban J connectivity index is 2.44. The van der Waals surface area contributed by atoms with Crippen LogP contribution in [0.1, 0.15) is 26.3 Å². The second-order valence-corrected chi connectivity index (χ2v) is 6.92. The zero-order valence-corrected chi connectivity index (χ0v) is 12.0. The monoisotopic (exact) mass is 267 g/mol. The fourth-order valence-electron chi connectivity index (χ4n) is 1.36. The molecule has 1 aromatic rings. The van der Waals surface area contributed by atoms with E-state index >= 15 is 0 Å². The standard InChI is InChI=1S/C14H21NO2S/c1-14(2,3)18-10-13(17)15-12-6-4-11(5-7-12)8-9-16/h4-7,16H,8-10H2,1-3H3,(H,15,17). The third-order valence-corrected chi connectivity index (χ3v) is 3.55. The Hall–Kier alpha value is -1.00. The highest BCUT2D eigenvalue weighted by atomic mass is 32.2. The van der Waals surface area contributed by atoms with Crippen LogP contribution in [-0.2, 0) is 11.2 Å².